The highest BCUT2D eigenvalue weighted by Crippen LogP contribution is 2.27. The molecule has 0 radical (unpaired) electrons. The molecule has 134 valence electrons. The van der Waals surface area contributed by atoms with Crippen LogP contribution in [0.4, 0.5) is 4.39 Å². The van der Waals surface area contributed by atoms with E-state index in [4.69, 9.17) is 5.73 Å². The molecule has 1 unspecified atom stereocenters. The monoisotopic (exact) mass is 358 g/mol. The lowest BCUT2D eigenvalue weighted by atomic mass is 9.98. The van der Waals surface area contributed by atoms with Gasteiger partial charge in [0.25, 0.3) is 0 Å². The van der Waals surface area contributed by atoms with Gasteiger partial charge in [-0.05, 0) is 36.5 Å². The number of carbonyl (C=O) groups is 2. The fraction of sp³-hybridized carbons (Fsp3) is 0.529. The molecule has 5 nitrogen and oxygen atoms in total. The summed E-state index contributed by atoms with van der Waals surface area (Å²) in [6.07, 6.45) is 3.29. The van der Waals surface area contributed by atoms with E-state index in [2.05, 4.69) is 10.1 Å². The molecule has 1 saturated carbocycles. The van der Waals surface area contributed by atoms with Gasteiger partial charge in [-0.15, -0.1) is 12.4 Å². The van der Waals surface area contributed by atoms with Crippen molar-refractivity contribution in [2.45, 2.75) is 44.2 Å². The molecule has 0 saturated heterocycles. The molecule has 1 amide bonds. The number of carbonyl (C=O) groups excluding carboxylic acids is 2. The SMILES string of the molecule is COC(=O)CC(NC(=O)C[C@@H]1CCC[C@H]1N)c1ccc(F)cc1.Cl. The van der Waals surface area contributed by atoms with Gasteiger partial charge in [0.1, 0.15) is 5.82 Å². The average molecular weight is 359 g/mol. The molecular formula is C17H24ClFN2O3. The van der Waals surface area contributed by atoms with Crippen LogP contribution in [-0.4, -0.2) is 25.0 Å². The predicted octanol–water partition coefficient (Wildman–Crippen LogP) is 2.49. The lowest BCUT2D eigenvalue weighted by Crippen LogP contribution is -2.34. The summed E-state index contributed by atoms with van der Waals surface area (Å²) in [5.41, 5.74) is 6.66. The van der Waals surface area contributed by atoms with E-state index in [9.17, 15) is 14.0 Å². The lowest BCUT2D eigenvalue weighted by molar-refractivity contribution is -0.141. The van der Waals surface area contributed by atoms with Crippen molar-refractivity contribution >= 4 is 24.3 Å². The number of methoxy groups -OCH3 is 1. The van der Waals surface area contributed by atoms with Crippen molar-refractivity contribution in [1.29, 1.82) is 0 Å². The van der Waals surface area contributed by atoms with E-state index in [0.717, 1.165) is 19.3 Å². The Kier molecular flexibility index (Phi) is 8.15. The van der Waals surface area contributed by atoms with Crippen molar-refractivity contribution in [3.8, 4) is 0 Å². The van der Waals surface area contributed by atoms with Crippen LogP contribution in [0.25, 0.3) is 0 Å². The third-order valence-corrected chi connectivity index (χ3v) is 4.37. The van der Waals surface area contributed by atoms with Gasteiger partial charge in [0.2, 0.25) is 5.91 Å². The molecule has 1 aromatic carbocycles. The van der Waals surface area contributed by atoms with Crippen LogP contribution in [0.3, 0.4) is 0 Å². The molecule has 24 heavy (non-hydrogen) atoms. The van der Waals surface area contributed by atoms with E-state index in [0.29, 0.717) is 12.0 Å². The van der Waals surface area contributed by atoms with Crippen LogP contribution in [0, 0.1) is 11.7 Å². The Hall–Kier alpha value is -1.66. The quantitative estimate of drug-likeness (QED) is 0.765. The van der Waals surface area contributed by atoms with Crippen molar-refractivity contribution in [3.63, 3.8) is 0 Å². The van der Waals surface area contributed by atoms with E-state index in [1.165, 1.54) is 19.2 Å². The van der Waals surface area contributed by atoms with Crippen LogP contribution in [0.2, 0.25) is 0 Å². The van der Waals surface area contributed by atoms with Crippen molar-refractivity contribution in [2.75, 3.05) is 7.11 Å². The molecule has 7 heteroatoms. The number of benzene rings is 1. The van der Waals surface area contributed by atoms with Gasteiger partial charge in [-0.3, -0.25) is 9.59 Å². The molecule has 1 aliphatic carbocycles. The van der Waals surface area contributed by atoms with Crippen LogP contribution in [-0.2, 0) is 14.3 Å². The summed E-state index contributed by atoms with van der Waals surface area (Å²) in [6, 6.07) is 5.26. The van der Waals surface area contributed by atoms with Crippen LogP contribution in [0.1, 0.15) is 43.7 Å². The summed E-state index contributed by atoms with van der Waals surface area (Å²) >= 11 is 0. The third kappa shape index (κ3) is 5.76. The second kappa shape index (κ2) is 9.59. The van der Waals surface area contributed by atoms with Gasteiger partial charge in [0, 0.05) is 12.5 Å². The molecule has 0 bridgehead atoms. The highest BCUT2D eigenvalue weighted by Gasteiger charge is 2.27. The Morgan fingerprint density at radius 2 is 2.00 bits per heavy atom. The van der Waals surface area contributed by atoms with E-state index < -0.39 is 12.0 Å². The van der Waals surface area contributed by atoms with E-state index in [1.54, 1.807) is 12.1 Å². The Bertz CT molecular complexity index is 553. The number of halogens is 2. The van der Waals surface area contributed by atoms with E-state index >= 15 is 0 Å². The molecule has 1 aromatic rings. The first kappa shape index (κ1) is 20.4. The van der Waals surface area contributed by atoms with Gasteiger partial charge in [0.15, 0.2) is 0 Å². The number of nitrogens with one attached hydrogen (secondary N) is 1. The van der Waals surface area contributed by atoms with E-state index in [-0.39, 0.29) is 42.5 Å². The zero-order valence-electron chi connectivity index (χ0n) is 13.7. The number of hydrogen-bond donors (Lipinski definition) is 2. The first-order chi connectivity index (χ1) is 11.0. The second-order valence-electron chi connectivity index (χ2n) is 6.01. The van der Waals surface area contributed by atoms with Gasteiger partial charge in [-0.2, -0.15) is 0 Å². The second-order valence-corrected chi connectivity index (χ2v) is 6.01. The van der Waals surface area contributed by atoms with Crippen LogP contribution in [0.5, 0.6) is 0 Å². The fourth-order valence-electron chi connectivity index (χ4n) is 3.01. The molecule has 0 aromatic heterocycles. The Morgan fingerprint density at radius 3 is 2.54 bits per heavy atom. The molecule has 0 heterocycles. The minimum atomic E-state index is -0.534. The molecule has 3 atom stereocenters. The van der Waals surface area contributed by atoms with Crippen molar-refractivity contribution in [1.82, 2.24) is 5.32 Å². The number of rotatable bonds is 6. The molecule has 1 aliphatic rings. The Labute approximate surface area is 147 Å². The lowest BCUT2D eigenvalue weighted by Gasteiger charge is -2.20. The smallest absolute Gasteiger partial charge is 0.307 e. The standard InChI is InChI=1S/C17H23FN2O3.ClH/c1-23-17(22)10-15(11-5-7-13(18)8-6-11)20-16(21)9-12-3-2-4-14(12)19;/h5-8,12,14-15H,2-4,9-10,19H2,1H3,(H,20,21);1H/t12-,14+,15?;/m0./s1. The molecular weight excluding hydrogens is 335 g/mol. The zero-order valence-corrected chi connectivity index (χ0v) is 14.5. The molecule has 1 fully saturated rings. The summed E-state index contributed by atoms with van der Waals surface area (Å²) in [4.78, 5) is 23.8. The predicted molar refractivity (Wildman–Crippen MR) is 91.1 cm³/mol. The zero-order chi connectivity index (χ0) is 16.8. The maximum absolute atomic E-state index is 13.1. The maximum atomic E-state index is 13.1. The first-order valence-corrected chi connectivity index (χ1v) is 7.87. The van der Waals surface area contributed by atoms with E-state index in [1.807, 2.05) is 0 Å². The Balaban J connectivity index is 0.00000288. The summed E-state index contributed by atoms with van der Waals surface area (Å²) < 4.78 is 17.7. The Morgan fingerprint density at radius 1 is 1.33 bits per heavy atom. The summed E-state index contributed by atoms with van der Waals surface area (Å²) in [7, 11) is 1.30. The molecule has 0 spiro atoms. The van der Waals surface area contributed by atoms with Crippen LogP contribution in [0.15, 0.2) is 24.3 Å². The van der Waals surface area contributed by atoms with Gasteiger partial charge < -0.3 is 15.8 Å². The average Bonchev–Trinajstić information content (AvgIpc) is 2.92. The highest BCUT2D eigenvalue weighted by atomic mass is 35.5. The highest BCUT2D eigenvalue weighted by molar-refractivity contribution is 5.85. The minimum Gasteiger partial charge on any atom is -0.469 e. The normalized spacial score (nSPS) is 20.8. The van der Waals surface area contributed by atoms with Crippen molar-refractivity contribution < 1.29 is 18.7 Å². The summed E-state index contributed by atoms with van der Waals surface area (Å²) in [5, 5.41) is 2.85. The topological polar surface area (TPSA) is 81.4 Å². The maximum Gasteiger partial charge on any atom is 0.307 e. The summed E-state index contributed by atoms with van der Waals surface area (Å²) in [5.74, 6) is -0.765. The van der Waals surface area contributed by atoms with Gasteiger partial charge >= 0.3 is 5.97 Å². The van der Waals surface area contributed by atoms with Crippen molar-refractivity contribution in [3.05, 3.63) is 35.6 Å². The molecule has 2 rings (SSSR count). The molecule has 3 N–H and O–H groups in total. The van der Waals surface area contributed by atoms with Gasteiger partial charge in [-0.25, -0.2) is 4.39 Å². The first-order valence-electron chi connectivity index (χ1n) is 7.87. The van der Waals surface area contributed by atoms with Gasteiger partial charge in [-0.1, -0.05) is 18.6 Å². The van der Waals surface area contributed by atoms with Crippen LogP contribution < -0.4 is 11.1 Å². The fourth-order valence-corrected chi connectivity index (χ4v) is 3.01. The molecule has 0 aliphatic heterocycles. The van der Waals surface area contributed by atoms with Crippen molar-refractivity contribution in [2.24, 2.45) is 11.7 Å². The number of nitrogens with two attached hydrogens (primary N) is 1. The number of amides is 1. The third-order valence-electron chi connectivity index (χ3n) is 4.37. The largest absolute Gasteiger partial charge is 0.469 e. The number of ether oxygens (including phenoxy) is 1. The number of esters is 1. The van der Waals surface area contributed by atoms with Crippen LogP contribution >= 0.6 is 12.4 Å². The number of hydrogen-bond acceptors (Lipinski definition) is 4. The van der Waals surface area contributed by atoms with Gasteiger partial charge in [0.05, 0.1) is 19.6 Å². The minimum absolute atomic E-state index is 0. The summed E-state index contributed by atoms with van der Waals surface area (Å²) in [6.45, 7) is 0.